The number of anilines is 1. The minimum absolute atomic E-state index is 0.106. The largest absolute Gasteiger partial charge is 0.455 e. The van der Waals surface area contributed by atoms with Crippen LogP contribution in [-0.4, -0.2) is 35.0 Å². The van der Waals surface area contributed by atoms with Gasteiger partial charge in [0.25, 0.3) is 6.10 Å². The first kappa shape index (κ1) is 16.3. The van der Waals surface area contributed by atoms with E-state index in [9.17, 15) is 26.3 Å². The number of aromatic nitrogens is 2. The molecule has 0 spiro atoms. The molecule has 0 radical (unpaired) electrons. The van der Waals surface area contributed by atoms with E-state index in [0.29, 0.717) is 6.54 Å². The fourth-order valence-corrected chi connectivity index (χ4v) is 1.28. The zero-order valence-corrected chi connectivity index (χ0v) is 10.4. The summed E-state index contributed by atoms with van der Waals surface area (Å²) in [6.45, 7) is 3.41. The number of ether oxygens (including phenoxy) is 1. The molecule has 114 valence electrons. The maximum Gasteiger partial charge on any atom is 0.434 e. The Labute approximate surface area is 110 Å². The normalized spacial score (nSPS) is 12.7. The molecule has 10 heteroatoms. The van der Waals surface area contributed by atoms with E-state index in [0.717, 1.165) is 6.07 Å². The van der Waals surface area contributed by atoms with Crippen molar-refractivity contribution < 1.29 is 31.1 Å². The zero-order chi connectivity index (χ0) is 15.6. The highest BCUT2D eigenvalue weighted by Crippen LogP contribution is 2.36. The standard InChI is InChI=1S/C10H11F6N3O/c1-3-17-8-18-5(2)4-6(19-8)20-7(9(11,12)13)10(14,15)16/h4,7H,3H2,1-2H3,(H,17,18,19). The van der Waals surface area contributed by atoms with Crippen LogP contribution in [-0.2, 0) is 0 Å². The molecule has 0 amide bonds. The van der Waals surface area contributed by atoms with Crippen LogP contribution in [0.2, 0.25) is 0 Å². The minimum Gasteiger partial charge on any atom is -0.455 e. The first-order valence-electron chi connectivity index (χ1n) is 5.43. The lowest BCUT2D eigenvalue weighted by Gasteiger charge is -2.23. The number of nitrogens with zero attached hydrogens (tertiary/aromatic N) is 2. The van der Waals surface area contributed by atoms with Crippen LogP contribution in [0.25, 0.3) is 0 Å². The molecule has 0 atom stereocenters. The van der Waals surface area contributed by atoms with Gasteiger partial charge in [-0.05, 0) is 13.8 Å². The highest BCUT2D eigenvalue weighted by Gasteiger charge is 2.59. The van der Waals surface area contributed by atoms with E-state index in [2.05, 4.69) is 20.0 Å². The molecule has 0 aliphatic heterocycles. The van der Waals surface area contributed by atoms with Gasteiger partial charge in [-0.1, -0.05) is 0 Å². The fourth-order valence-electron chi connectivity index (χ4n) is 1.28. The van der Waals surface area contributed by atoms with Gasteiger partial charge in [0.05, 0.1) is 0 Å². The van der Waals surface area contributed by atoms with Gasteiger partial charge < -0.3 is 10.1 Å². The smallest absolute Gasteiger partial charge is 0.434 e. The minimum atomic E-state index is -5.59. The maximum atomic E-state index is 12.3. The molecule has 20 heavy (non-hydrogen) atoms. The van der Waals surface area contributed by atoms with Crippen molar-refractivity contribution in [3.63, 3.8) is 0 Å². The Morgan fingerprint density at radius 3 is 2.15 bits per heavy atom. The van der Waals surface area contributed by atoms with Crippen LogP contribution in [0.15, 0.2) is 6.07 Å². The van der Waals surface area contributed by atoms with Gasteiger partial charge in [-0.2, -0.15) is 31.3 Å². The third kappa shape index (κ3) is 4.42. The Kier molecular flexibility index (Phi) is 4.66. The second-order valence-corrected chi connectivity index (χ2v) is 3.78. The predicted molar refractivity (Wildman–Crippen MR) is 57.5 cm³/mol. The summed E-state index contributed by atoms with van der Waals surface area (Å²) in [6.07, 6.45) is -15.1. The van der Waals surface area contributed by atoms with Crippen LogP contribution in [0, 0.1) is 6.92 Å². The van der Waals surface area contributed by atoms with Crippen molar-refractivity contribution in [3.8, 4) is 5.88 Å². The van der Waals surface area contributed by atoms with Gasteiger partial charge in [0.2, 0.25) is 11.8 Å². The molecule has 1 rings (SSSR count). The van der Waals surface area contributed by atoms with Crippen molar-refractivity contribution in [2.45, 2.75) is 32.3 Å². The Hall–Kier alpha value is -1.74. The highest BCUT2D eigenvalue weighted by atomic mass is 19.4. The number of nitrogens with one attached hydrogen (secondary N) is 1. The van der Waals surface area contributed by atoms with Gasteiger partial charge in [-0.25, -0.2) is 4.98 Å². The zero-order valence-electron chi connectivity index (χ0n) is 10.4. The van der Waals surface area contributed by atoms with E-state index in [1.807, 2.05) is 0 Å². The summed E-state index contributed by atoms with van der Waals surface area (Å²) >= 11 is 0. The predicted octanol–water partition coefficient (Wildman–Crippen LogP) is 3.09. The van der Waals surface area contributed by atoms with E-state index in [1.54, 1.807) is 6.92 Å². The molecule has 0 fully saturated rings. The Bertz CT molecular complexity index is 445. The van der Waals surface area contributed by atoms with E-state index in [4.69, 9.17) is 0 Å². The van der Waals surface area contributed by atoms with Crippen molar-refractivity contribution in [2.75, 3.05) is 11.9 Å². The van der Waals surface area contributed by atoms with Gasteiger partial charge in [0.15, 0.2) is 0 Å². The van der Waals surface area contributed by atoms with E-state index < -0.39 is 24.3 Å². The van der Waals surface area contributed by atoms with Gasteiger partial charge in [0.1, 0.15) is 0 Å². The summed E-state index contributed by atoms with van der Waals surface area (Å²) in [6, 6.07) is 0.894. The molecule has 0 saturated heterocycles. The second-order valence-electron chi connectivity index (χ2n) is 3.78. The van der Waals surface area contributed by atoms with Crippen LogP contribution < -0.4 is 10.1 Å². The summed E-state index contributed by atoms with van der Waals surface area (Å²) in [5.41, 5.74) is 0.175. The van der Waals surface area contributed by atoms with E-state index in [-0.39, 0.29) is 11.6 Å². The fraction of sp³-hybridized carbons (Fsp3) is 0.600. The van der Waals surface area contributed by atoms with Crippen LogP contribution in [0.1, 0.15) is 12.6 Å². The Morgan fingerprint density at radius 2 is 1.70 bits per heavy atom. The van der Waals surface area contributed by atoms with Gasteiger partial charge >= 0.3 is 12.4 Å². The molecule has 0 aromatic carbocycles. The number of alkyl halides is 6. The monoisotopic (exact) mass is 303 g/mol. The summed E-state index contributed by atoms with van der Waals surface area (Å²) in [4.78, 5) is 7.24. The molecule has 0 aliphatic rings. The summed E-state index contributed by atoms with van der Waals surface area (Å²) in [7, 11) is 0. The molecule has 0 bridgehead atoms. The molecule has 1 aromatic rings. The number of rotatable bonds is 4. The molecule has 0 unspecified atom stereocenters. The lowest BCUT2D eigenvalue weighted by Crippen LogP contribution is -2.46. The molecule has 0 saturated carbocycles. The second kappa shape index (κ2) is 5.71. The third-order valence-electron chi connectivity index (χ3n) is 2.00. The summed E-state index contributed by atoms with van der Waals surface area (Å²) in [5, 5.41) is 2.57. The van der Waals surface area contributed by atoms with E-state index >= 15 is 0 Å². The Morgan fingerprint density at radius 1 is 1.15 bits per heavy atom. The third-order valence-corrected chi connectivity index (χ3v) is 2.00. The van der Waals surface area contributed by atoms with Crippen LogP contribution in [0.5, 0.6) is 5.88 Å². The van der Waals surface area contributed by atoms with Crippen molar-refractivity contribution in [3.05, 3.63) is 11.8 Å². The van der Waals surface area contributed by atoms with Crippen molar-refractivity contribution in [1.82, 2.24) is 9.97 Å². The summed E-state index contributed by atoms with van der Waals surface area (Å²) in [5.74, 6) is -0.904. The molecule has 4 nitrogen and oxygen atoms in total. The van der Waals surface area contributed by atoms with Crippen LogP contribution in [0.4, 0.5) is 32.3 Å². The van der Waals surface area contributed by atoms with Gasteiger partial charge in [0, 0.05) is 18.3 Å². The molecule has 0 aliphatic carbocycles. The topological polar surface area (TPSA) is 47.0 Å². The van der Waals surface area contributed by atoms with Gasteiger partial charge in [-0.3, -0.25) is 0 Å². The number of hydrogen-bond donors (Lipinski definition) is 1. The lowest BCUT2D eigenvalue weighted by molar-refractivity contribution is -0.300. The highest BCUT2D eigenvalue weighted by molar-refractivity contribution is 5.30. The first-order chi connectivity index (χ1) is 9.04. The number of hydrogen-bond acceptors (Lipinski definition) is 4. The first-order valence-corrected chi connectivity index (χ1v) is 5.43. The quantitative estimate of drug-likeness (QED) is 0.868. The van der Waals surface area contributed by atoms with Gasteiger partial charge in [-0.15, -0.1) is 0 Å². The van der Waals surface area contributed by atoms with Crippen molar-refractivity contribution in [2.24, 2.45) is 0 Å². The average molecular weight is 303 g/mol. The van der Waals surface area contributed by atoms with Crippen molar-refractivity contribution >= 4 is 5.95 Å². The SMILES string of the molecule is CCNc1nc(C)cc(OC(C(F)(F)F)C(F)(F)F)n1. The molecule has 1 heterocycles. The average Bonchev–Trinajstić information content (AvgIpc) is 2.22. The molecule has 1 aromatic heterocycles. The lowest BCUT2D eigenvalue weighted by atomic mass is 10.3. The maximum absolute atomic E-state index is 12.3. The Balaban J connectivity index is 3.05. The molecule has 1 N–H and O–H groups in total. The number of aryl methyl sites for hydroxylation is 1. The number of halogens is 6. The molecular formula is C10H11F6N3O. The van der Waals surface area contributed by atoms with Crippen LogP contribution >= 0.6 is 0 Å². The van der Waals surface area contributed by atoms with Crippen molar-refractivity contribution in [1.29, 1.82) is 0 Å². The van der Waals surface area contributed by atoms with Crippen LogP contribution in [0.3, 0.4) is 0 Å². The molecular weight excluding hydrogens is 292 g/mol. The van der Waals surface area contributed by atoms with E-state index in [1.165, 1.54) is 6.92 Å². The summed E-state index contributed by atoms with van der Waals surface area (Å²) < 4.78 is 78.1.